The van der Waals surface area contributed by atoms with Gasteiger partial charge in [-0.3, -0.25) is 4.79 Å². The Hall–Kier alpha value is -2.59. The number of ether oxygens (including phenoxy) is 2. The summed E-state index contributed by atoms with van der Waals surface area (Å²) in [4.78, 5) is 11.5. The molecule has 0 bridgehead atoms. The predicted molar refractivity (Wildman–Crippen MR) is 159 cm³/mol. The molecule has 4 heteroatoms. The summed E-state index contributed by atoms with van der Waals surface area (Å²) in [6.45, 7) is 15.8. The zero-order valence-electron chi connectivity index (χ0n) is 24.9. The molecule has 0 radical (unpaired) electrons. The maximum absolute atomic E-state index is 11.5. The van der Waals surface area contributed by atoms with Crippen molar-refractivity contribution < 1.29 is 19.4 Å². The Kier molecular flexibility index (Phi) is 12.6. The van der Waals surface area contributed by atoms with Crippen molar-refractivity contribution in [2.24, 2.45) is 0 Å². The minimum atomic E-state index is -0.744. The molecule has 38 heavy (non-hydrogen) atoms. The van der Waals surface area contributed by atoms with Crippen molar-refractivity contribution in [1.82, 2.24) is 0 Å². The molecule has 0 heterocycles. The number of carbonyl (C=O) groups is 1. The topological polar surface area (TPSA) is 55.8 Å². The number of esters is 1. The lowest BCUT2D eigenvalue weighted by Crippen LogP contribution is -2.26. The van der Waals surface area contributed by atoms with Crippen LogP contribution in [0.2, 0.25) is 0 Å². The summed E-state index contributed by atoms with van der Waals surface area (Å²) in [5, 5.41) is 10.7. The van der Waals surface area contributed by atoms with Crippen molar-refractivity contribution in [2.45, 2.75) is 111 Å². The summed E-state index contributed by atoms with van der Waals surface area (Å²) < 4.78 is 11.1. The van der Waals surface area contributed by atoms with Crippen LogP contribution in [0.3, 0.4) is 0 Å². The van der Waals surface area contributed by atoms with Crippen LogP contribution in [0.1, 0.15) is 114 Å². The fourth-order valence-corrected chi connectivity index (χ4v) is 5.20. The molecule has 4 nitrogen and oxygen atoms in total. The molecule has 2 aromatic rings. The van der Waals surface area contributed by atoms with Crippen LogP contribution < -0.4 is 4.74 Å². The van der Waals surface area contributed by atoms with Crippen LogP contribution in [-0.4, -0.2) is 29.9 Å². The monoisotopic (exact) mass is 522 g/mol. The number of aryl methyl sites for hydroxylation is 2. The highest BCUT2D eigenvalue weighted by Crippen LogP contribution is 2.41. The second-order valence-electron chi connectivity index (χ2n) is 10.4. The van der Waals surface area contributed by atoms with E-state index < -0.39 is 5.60 Å². The average molecular weight is 523 g/mol. The van der Waals surface area contributed by atoms with Crippen LogP contribution >= 0.6 is 0 Å². The molecule has 0 aromatic heterocycles. The minimum Gasteiger partial charge on any atom is -0.493 e. The van der Waals surface area contributed by atoms with Crippen LogP contribution in [0, 0.1) is 13.8 Å². The Bertz CT molecular complexity index is 1040. The fraction of sp³-hybridized carbons (Fsp3) is 0.559. The highest BCUT2D eigenvalue weighted by atomic mass is 16.5. The highest BCUT2D eigenvalue weighted by molar-refractivity contribution is 5.69. The molecule has 0 aliphatic carbocycles. The van der Waals surface area contributed by atoms with E-state index in [0.29, 0.717) is 32.5 Å². The van der Waals surface area contributed by atoms with Crippen LogP contribution in [0.25, 0.3) is 6.08 Å². The first-order valence-corrected chi connectivity index (χ1v) is 14.6. The number of benzene rings is 2. The van der Waals surface area contributed by atoms with Gasteiger partial charge in [0.2, 0.25) is 0 Å². The Morgan fingerprint density at radius 3 is 2.03 bits per heavy atom. The van der Waals surface area contributed by atoms with Gasteiger partial charge in [0.05, 0.1) is 18.8 Å². The lowest BCUT2D eigenvalue weighted by atomic mass is 9.70. The van der Waals surface area contributed by atoms with Gasteiger partial charge in [-0.05, 0) is 99.6 Å². The van der Waals surface area contributed by atoms with E-state index in [0.717, 1.165) is 49.0 Å². The number of aliphatic hydroxyl groups is 1. The Morgan fingerprint density at radius 1 is 0.842 bits per heavy atom. The maximum atomic E-state index is 11.5. The zero-order valence-corrected chi connectivity index (χ0v) is 24.9. The highest BCUT2D eigenvalue weighted by Gasteiger charge is 2.31. The molecule has 0 amide bonds. The molecular formula is C34H50O4. The third kappa shape index (κ3) is 8.20. The van der Waals surface area contributed by atoms with Crippen molar-refractivity contribution >= 4 is 12.0 Å². The number of unbranched alkanes of at least 4 members (excludes halogenated alkanes) is 2. The summed E-state index contributed by atoms with van der Waals surface area (Å²) >= 11 is 0. The van der Waals surface area contributed by atoms with E-state index in [-0.39, 0.29) is 11.4 Å². The van der Waals surface area contributed by atoms with Gasteiger partial charge in [0, 0.05) is 11.8 Å². The molecule has 0 fully saturated rings. The van der Waals surface area contributed by atoms with Gasteiger partial charge in [0.25, 0.3) is 0 Å². The van der Waals surface area contributed by atoms with E-state index in [1.165, 1.54) is 16.7 Å². The fourth-order valence-electron chi connectivity index (χ4n) is 5.20. The van der Waals surface area contributed by atoms with Gasteiger partial charge in [0.1, 0.15) is 5.75 Å². The standard InChI is InChI=1S/C34H50O4/c1-8-33(36,9-2)22-21-28-17-18-29(24-26(28)6)34(10-3,11-4)30-19-20-31(27(7)25-30)38-23-15-13-14-16-32(35)37-12-5/h17-22,24-25,36H,8-16,23H2,1-7H3/b22-21+. The quantitative estimate of drug-likeness (QED) is 0.177. The van der Waals surface area contributed by atoms with Crippen molar-refractivity contribution in [3.63, 3.8) is 0 Å². The molecule has 0 spiro atoms. The van der Waals surface area contributed by atoms with Crippen molar-refractivity contribution in [1.29, 1.82) is 0 Å². The summed E-state index contributed by atoms with van der Waals surface area (Å²) in [5.41, 5.74) is 5.35. The first kappa shape index (κ1) is 31.6. The molecule has 0 atom stereocenters. The molecule has 0 saturated carbocycles. The van der Waals surface area contributed by atoms with Gasteiger partial charge >= 0.3 is 5.97 Å². The second-order valence-corrected chi connectivity index (χ2v) is 10.4. The van der Waals surface area contributed by atoms with Gasteiger partial charge < -0.3 is 14.6 Å². The van der Waals surface area contributed by atoms with Crippen LogP contribution in [-0.2, 0) is 14.9 Å². The van der Waals surface area contributed by atoms with Crippen molar-refractivity contribution in [3.05, 3.63) is 70.3 Å². The van der Waals surface area contributed by atoms with Crippen LogP contribution in [0.5, 0.6) is 5.75 Å². The first-order chi connectivity index (χ1) is 18.2. The van der Waals surface area contributed by atoms with Crippen molar-refractivity contribution in [3.8, 4) is 5.75 Å². The lowest BCUT2D eigenvalue weighted by Gasteiger charge is -2.34. The molecule has 1 N–H and O–H groups in total. The molecule has 0 saturated heterocycles. The molecule has 2 rings (SSSR count). The summed E-state index contributed by atoms with van der Waals surface area (Å²) in [6.07, 6.45) is 10.6. The van der Waals surface area contributed by atoms with E-state index in [1.54, 1.807) is 0 Å². The SMILES string of the molecule is CCOC(=O)CCCCCOc1ccc(C(CC)(CC)c2ccc(/C=C/C(O)(CC)CC)c(C)c2)cc1C. The molecule has 0 aliphatic rings. The minimum absolute atomic E-state index is 0.0725. The molecule has 2 aromatic carbocycles. The third-order valence-electron chi connectivity index (χ3n) is 8.14. The predicted octanol–water partition coefficient (Wildman–Crippen LogP) is 8.48. The van der Waals surface area contributed by atoms with Gasteiger partial charge in [-0.2, -0.15) is 0 Å². The molecular weight excluding hydrogens is 472 g/mol. The zero-order chi connectivity index (χ0) is 28.2. The van der Waals surface area contributed by atoms with Gasteiger partial charge in [0.15, 0.2) is 0 Å². The van der Waals surface area contributed by atoms with E-state index >= 15 is 0 Å². The molecule has 0 aliphatic heterocycles. The van der Waals surface area contributed by atoms with Gasteiger partial charge in [-0.15, -0.1) is 0 Å². The average Bonchev–Trinajstić information content (AvgIpc) is 2.92. The van der Waals surface area contributed by atoms with Crippen LogP contribution in [0.4, 0.5) is 0 Å². The van der Waals surface area contributed by atoms with E-state index in [9.17, 15) is 9.90 Å². The van der Waals surface area contributed by atoms with E-state index in [1.807, 2.05) is 26.8 Å². The Morgan fingerprint density at radius 2 is 1.47 bits per heavy atom. The van der Waals surface area contributed by atoms with E-state index in [4.69, 9.17) is 9.47 Å². The normalized spacial score (nSPS) is 12.2. The number of rotatable bonds is 16. The lowest BCUT2D eigenvalue weighted by molar-refractivity contribution is -0.143. The maximum Gasteiger partial charge on any atom is 0.305 e. The Labute approximate surface area is 231 Å². The number of hydrogen-bond donors (Lipinski definition) is 1. The van der Waals surface area contributed by atoms with Crippen molar-refractivity contribution in [2.75, 3.05) is 13.2 Å². The smallest absolute Gasteiger partial charge is 0.305 e. The summed E-state index contributed by atoms with van der Waals surface area (Å²) in [7, 11) is 0. The third-order valence-corrected chi connectivity index (χ3v) is 8.14. The van der Waals surface area contributed by atoms with Gasteiger partial charge in [-0.25, -0.2) is 0 Å². The largest absolute Gasteiger partial charge is 0.493 e. The van der Waals surface area contributed by atoms with Crippen LogP contribution in [0.15, 0.2) is 42.5 Å². The van der Waals surface area contributed by atoms with E-state index in [2.05, 4.69) is 70.2 Å². The summed E-state index contributed by atoms with van der Waals surface area (Å²) in [6, 6.07) is 13.4. The molecule has 210 valence electrons. The first-order valence-electron chi connectivity index (χ1n) is 14.6. The molecule has 0 unspecified atom stereocenters. The number of carbonyl (C=O) groups excluding carboxylic acids is 1. The number of hydrogen-bond acceptors (Lipinski definition) is 4. The van der Waals surface area contributed by atoms with Gasteiger partial charge in [-0.1, -0.05) is 70.2 Å². The summed E-state index contributed by atoms with van der Waals surface area (Å²) in [5.74, 6) is 0.813. The Balaban J connectivity index is 2.15. The second kappa shape index (κ2) is 15.1.